The van der Waals surface area contributed by atoms with E-state index in [-0.39, 0.29) is 24.8 Å². The van der Waals surface area contributed by atoms with E-state index in [1.807, 2.05) is 0 Å². The zero-order chi connectivity index (χ0) is 18.8. The van der Waals surface area contributed by atoms with Crippen LogP contribution >= 0.6 is 24.8 Å². The summed E-state index contributed by atoms with van der Waals surface area (Å²) >= 11 is -0.966. The zero-order valence-corrected chi connectivity index (χ0v) is 20.6. The minimum absolute atomic E-state index is 0. The first-order chi connectivity index (χ1) is 13.9. The molecule has 0 fully saturated rings. The molecule has 3 aromatic carbocycles. The number of hydrogen-bond donors (Lipinski definition) is 0. The van der Waals surface area contributed by atoms with Gasteiger partial charge in [-0.3, -0.25) is 0 Å². The second-order valence-electron chi connectivity index (χ2n) is 7.24. The molecule has 5 rings (SSSR count). The van der Waals surface area contributed by atoms with Gasteiger partial charge in [0, 0.05) is 0 Å². The van der Waals surface area contributed by atoms with Crippen LogP contribution in [-0.2, 0) is 22.8 Å². The summed E-state index contributed by atoms with van der Waals surface area (Å²) in [6, 6.07) is 31.0. The molecule has 0 radical (unpaired) electrons. The first-order valence-electron chi connectivity index (χ1n) is 9.81. The van der Waals surface area contributed by atoms with E-state index >= 15 is 0 Å². The summed E-state index contributed by atoms with van der Waals surface area (Å²) in [5, 5.41) is 0. The molecule has 0 saturated carbocycles. The summed E-state index contributed by atoms with van der Waals surface area (Å²) in [4.78, 5) is 0. The molecule has 30 heavy (non-hydrogen) atoms. The van der Waals surface area contributed by atoms with Crippen LogP contribution in [0.5, 0.6) is 0 Å². The molecule has 0 bridgehead atoms. The second kappa shape index (κ2) is 10.5. The minimum Gasteiger partial charge on any atom is -0.147 e. The largest absolute Gasteiger partial charge is 0.147 e. The maximum Gasteiger partial charge on any atom is -0.147 e. The van der Waals surface area contributed by atoms with Gasteiger partial charge in [0.25, 0.3) is 0 Å². The van der Waals surface area contributed by atoms with Crippen molar-refractivity contribution in [2.75, 3.05) is 0 Å². The van der Waals surface area contributed by atoms with Crippen molar-refractivity contribution in [2.24, 2.45) is 0 Å². The maximum absolute atomic E-state index is 2.45. The van der Waals surface area contributed by atoms with Gasteiger partial charge in [0.2, 0.25) is 0 Å². The van der Waals surface area contributed by atoms with Crippen molar-refractivity contribution in [1.82, 2.24) is 0 Å². The summed E-state index contributed by atoms with van der Waals surface area (Å²) in [6.45, 7) is 0. The fourth-order valence-electron chi connectivity index (χ4n) is 4.11. The Hall–Kier alpha value is -1.79. The van der Waals surface area contributed by atoms with E-state index < -0.39 is 22.8 Å². The fourth-order valence-corrected chi connectivity index (χ4v) is 8.53. The van der Waals surface area contributed by atoms with E-state index in [4.69, 9.17) is 0 Å². The number of hydrogen-bond acceptors (Lipinski definition) is 0. The molecule has 1 atom stereocenters. The molecule has 0 aromatic heterocycles. The molecular weight excluding hydrogens is 486 g/mol. The third-order valence-electron chi connectivity index (χ3n) is 5.48. The topological polar surface area (TPSA) is 0 Å². The molecule has 0 saturated heterocycles. The van der Waals surface area contributed by atoms with E-state index in [1.165, 1.54) is 27.8 Å². The number of allylic oxidation sites excluding steroid dienone is 5. The Morgan fingerprint density at radius 2 is 1.33 bits per heavy atom. The summed E-state index contributed by atoms with van der Waals surface area (Å²) in [6.07, 6.45) is 10.3. The van der Waals surface area contributed by atoms with Gasteiger partial charge in [-0.1, -0.05) is 0 Å². The van der Waals surface area contributed by atoms with Crippen LogP contribution in [0.1, 0.15) is 32.3 Å². The molecule has 3 heteroatoms. The molecular formula is C27H23Cl2Zr. The predicted octanol–water partition coefficient (Wildman–Crippen LogP) is 7.21. The summed E-state index contributed by atoms with van der Waals surface area (Å²) in [5.74, 6) is 0. The number of halogens is 2. The van der Waals surface area contributed by atoms with Gasteiger partial charge in [-0.2, -0.15) is 0 Å². The van der Waals surface area contributed by atoms with Crippen molar-refractivity contribution in [3.05, 3.63) is 137 Å². The van der Waals surface area contributed by atoms with Gasteiger partial charge in [0.05, 0.1) is 0 Å². The number of benzene rings is 3. The molecule has 0 nitrogen and oxygen atoms in total. The van der Waals surface area contributed by atoms with Gasteiger partial charge >= 0.3 is 179 Å². The Morgan fingerprint density at radius 1 is 0.733 bits per heavy atom. The van der Waals surface area contributed by atoms with Crippen LogP contribution in [0.25, 0.3) is 6.08 Å². The standard InChI is InChI=1S/C14H11.C13H10.2ClH.Zr/c1-2-6-11(5-1)14-9-12-7-3-4-8-13(12)10-14;1-3-7-12(8-4-1)11-13-9-5-2-6-10-13;;;/h1-5,7-10H,6H2;1-10H;2*1H;. The predicted molar refractivity (Wildman–Crippen MR) is 130 cm³/mol. The zero-order valence-electron chi connectivity index (χ0n) is 16.5. The quantitative estimate of drug-likeness (QED) is 0.349. The second-order valence-corrected chi connectivity index (χ2v) is 10.6. The normalized spacial score (nSPS) is 15.8. The summed E-state index contributed by atoms with van der Waals surface area (Å²) < 4.78 is 2.16. The Balaban J connectivity index is 0.00000128. The van der Waals surface area contributed by atoms with Gasteiger partial charge in [-0.05, 0) is 0 Å². The van der Waals surface area contributed by atoms with Crippen molar-refractivity contribution in [1.29, 1.82) is 0 Å². The third kappa shape index (κ3) is 4.60. The Kier molecular flexibility index (Phi) is 8.01. The molecule has 0 amide bonds. The van der Waals surface area contributed by atoms with Crippen molar-refractivity contribution >= 4 is 34.1 Å². The summed E-state index contributed by atoms with van der Waals surface area (Å²) in [7, 11) is 0. The van der Waals surface area contributed by atoms with E-state index in [1.54, 1.807) is 8.78 Å². The molecule has 3 aromatic rings. The number of fused-ring (bicyclic) bond motifs is 1. The van der Waals surface area contributed by atoms with Crippen LogP contribution in [0.4, 0.5) is 0 Å². The molecule has 149 valence electrons. The van der Waals surface area contributed by atoms with Crippen LogP contribution < -0.4 is 0 Å². The van der Waals surface area contributed by atoms with Crippen molar-refractivity contribution < 1.29 is 22.8 Å². The maximum atomic E-state index is 2.45. The van der Waals surface area contributed by atoms with Gasteiger partial charge < -0.3 is 0 Å². The van der Waals surface area contributed by atoms with Crippen LogP contribution in [-0.4, -0.2) is 3.21 Å². The molecule has 1 unspecified atom stereocenters. The Morgan fingerprint density at radius 3 is 1.93 bits per heavy atom. The van der Waals surface area contributed by atoms with Crippen LogP contribution in [0.3, 0.4) is 0 Å². The van der Waals surface area contributed by atoms with Crippen LogP contribution in [0.2, 0.25) is 0 Å². The van der Waals surface area contributed by atoms with E-state index in [9.17, 15) is 0 Å². The van der Waals surface area contributed by atoms with Crippen LogP contribution in [0.15, 0.2) is 114 Å². The van der Waals surface area contributed by atoms with Crippen molar-refractivity contribution in [2.45, 2.75) is 10.0 Å². The molecule has 2 aliphatic carbocycles. The summed E-state index contributed by atoms with van der Waals surface area (Å²) in [5.41, 5.74) is 8.78. The van der Waals surface area contributed by atoms with Gasteiger partial charge in [0.15, 0.2) is 0 Å². The van der Waals surface area contributed by atoms with Crippen molar-refractivity contribution in [3.8, 4) is 0 Å². The first kappa shape index (κ1) is 22.9. The molecule has 0 heterocycles. The fraction of sp³-hybridized carbons (Fsp3) is 0.0741. The molecule has 2 aliphatic rings. The monoisotopic (exact) mass is 507 g/mol. The van der Waals surface area contributed by atoms with Crippen LogP contribution in [0, 0.1) is 0 Å². The average molecular weight is 510 g/mol. The minimum atomic E-state index is -0.966. The third-order valence-corrected chi connectivity index (χ3v) is 9.85. The van der Waals surface area contributed by atoms with Gasteiger partial charge in [-0.25, -0.2) is 0 Å². The Bertz CT molecular complexity index is 1080. The smallest absolute Gasteiger partial charge is 0.147 e. The van der Waals surface area contributed by atoms with E-state index in [0.29, 0.717) is 3.63 Å². The SMILES string of the molecule is C1=CCC(C2=Cc3ccccc3[CH]2[Zr]=[C](c2ccccc2)c2ccccc2)=C1.Cl.Cl. The molecule has 0 N–H and O–H groups in total. The van der Waals surface area contributed by atoms with E-state index in [2.05, 4.69) is 109 Å². The van der Waals surface area contributed by atoms with Gasteiger partial charge in [0.1, 0.15) is 0 Å². The number of rotatable bonds is 4. The molecule has 0 spiro atoms. The average Bonchev–Trinajstić information content (AvgIpc) is 3.41. The Labute approximate surface area is 202 Å². The molecule has 0 aliphatic heterocycles. The first-order valence-corrected chi connectivity index (χ1v) is 12.5. The van der Waals surface area contributed by atoms with Crippen molar-refractivity contribution in [3.63, 3.8) is 0 Å². The van der Waals surface area contributed by atoms with E-state index in [0.717, 1.165) is 6.42 Å². The van der Waals surface area contributed by atoms with Gasteiger partial charge in [-0.15, -0.1) is 24.8 Å².